The molecule has 0 aliphatic heterocycles. The number of benzene rings is 2. The average Bonchev–Trinajstić information content (AvgIpc) is 2.94. The molecule has 5 heteroatoms. The Morgan fingerprint density at radius 3 is 2.77 bits per heavy atom. The third-order valence-corrected chi connectivity index (χ3v) is 3.68. The van der Waals surface area contributed by atoms with Crippen molar-refractivity contribution in [3.8, 4) is 0 Å². The molecule has 1 atom stereocenters. The van der Waals surface area contributed by atoms with E-state index in [2.05, 4.69) is 10.3 Å². The summed E-state index contributed by atoms with van der Waals surface area (Å²) in [5.41, 5.74) is 3.14. The van der Waals surface area contributed by atoms with Crippen molar-refractivity contribution in [3.63, 3.8) is 0 Å². The van der Waals surface area contributed by atoms with Gasteiger partial charge in [-0.3, -0.25) is 4.79 Å². The number of aromatic nitrogens is 2. The summed E-state index contributed by atoms with van der Waals surface area (Å²) in [7, 11) is 1.91. The number of hydrogen-bond acceptors (Lipinski definition) is 3. The van der Waals surface area contributed by atoms with Crippen molar-refractivity contribution < 1.29 is 9.90 Å². The molecule has 0 fully saturated rings. The number of aryl methyl sites for hydroxylation is 1. The van der Waals surface area contributed by atoms with Crippen molar-refractivity contribution in [2.45, 2.75) is 6.04 Å². The summed E-state index contributed by atoms with van der Waals surface area (Å²) in [5.74, 6) is -0.226. The zero-order valence-corrected chi connectivity index (χ0v) is 12.2. The van der Waals surface area contributed by atoms with Gasteiger partial charge in [0, 0.05) is 12.6 Å². The van der Waals surface area contributed by atoms with E-state index in [1.54, 1.807) is 18.5 Å². The van der Waals surface area contributed by atoms with Crippen molar-refractivity contribution >= 4 is 16.9 Å². The molecule has 0 radical (unpaired) electrons. The molecule has 1 amide bonds. The molecule has 0 aliphatic carbocycles. The Morgan fingerprint density at radius 1 is 1.27 bits per heavy atom. The zero-order chi connectivity index (χ0) is 15.5. The van der Waals surface area contributed by atoms with Gasteiger partial charge in [0.2, 0.25) is 0 Å². The fraction of sp³-hybridized carbons (Fsp3) is 0.176. The molecule has 112 valence electrons. The molecule has 2 N–H and O–H groups in total. The minimum absolute atomic E-state index is 0.151. The maximum absolute atomic E-state index is 12.4. The number of fused-ring (bicyclic) bond motifs is 1. The van der Waals surface area contributed by atoms with E-state index in [4.69, 9.17) is 0 Å². The van der Waals surface area contributed by atoms with Gasteiger partial charge >= 0.3 is 0 Å². The highest BCUT2D eigenvalue weighted by atomic mass is 16.3. The number of carbonyl (C=O) groups excluding carboxylic acids is 1. The average molecular weight is 295 g/mol. The van der Waals surface area contributed by atoms with Crippen molar-refractivity contribution in [3.05, 3.63) is 66.0 Å². The molecular weight excluding hydrogens is 278 g/mol. The second kappa shape index (κ2) is 5.99. The van der Waals surface area contributed by atoms with Crippen LogP contribution in [0.15, 0.2) is 54.9 Å². The first-order valence-corrected chi connectivity index (χ1v) is 7.07. The van der Waals surface area contributed by atoms with E-state index in [0.717, 1.165) is 16.6 Å². The minimum Gasteiger partial charge on any atom is -0.394 e. The Hall–Kier alpha value is -2.66. The lowest BCUT2D eigenvalue weighted by Crippen LogP contribution is -2.30. The van der Waals surface area contributed by atoms with Gasteiger partial charge in [0.05, 0.1) is 30.0 Å². The van der Waals surface area contributed by atoms with E-state index >= 15 is 0 Å². The van der Waals surface area contributed by atoms with E-state index < -0.39 is 6.04 Å². The van der Waals surface area contributed by atoms with Gasteiger partial charge in [0.25, 0.3) is 5.91 Å². The lowest BCUT2D eigenvalue weighted by atomic mass is 10.1. The Kier molecular flexibility index (Phi) is 3.89. The molecule has 3 rings (SSSR count). The SMILES string of the molecule is Cn1cnc2cc(C(=O)NC(CO)c3ccccc3)ccc21. The van der Waals surface area contributed by atoms with Crippen LogP contribution in [-0.2, 0) is 7.05 Å². The van der Waals surface area contributed by atoms with E-state index in [1.165, 1.54) is 0 Å². The Bertz CT molecular complexity index is 796. The molecule has 1 aromatic heterocycles. The molecule has 0 aliphatic rings. The number of hydrogen-bond donors (Lipinski definition) is 2. The smallest absolute Gasteiger partial charge is 0.251 e. The summed E-state index contributed by atoms with van der Waals surface area (Å²) < 4.78 is 1.90. The van der Waals surface area contributed by atoms with Crippen LogP contribution in [-0.4, -0.2) is 27.2 Å². The van der Waals surface area contributed by atoms with E-state index in [1.807, 2.05) is 48.0 Å². The Balaban J connectivity index is 1.82. The van der Waals surface area contributed by atoms with E-state index in [0.29, 0.717) is 5.56 Å². The fourth-order valence-corrected chi connectivity index (χ4v) is 2.44. The van der Waals surface area contributed by atoms with Gasteiger partial charge in [-0.1, -0.05) is 30.3 Å². The van der Waals surface area contributed by atoms with Crippen LogP contribution in [0.5, 0.6) is 0 Å². The molecule has 0 spiro atoms. The first-order chi connectivity index (χ1) is 10.7. The van der Waals surface area contributed by atoms with Gasteiger partial charge in [-0.25, -0.2) is 4.98 Å². The third kappa shape index (κ3) is 2.71. The van der Waals surface area contributed by atoms with Crippen LogP contribution in [0.2, 0.25) is 0 Å². The van der Waals surface area contributed by atoms with Crippen LogP contribution in [0.3, 0.4) is 0 Å². The predicted octanol–water partition coefficient (Wildman–Crippen LogP) is 2.04. The topological polar surface area (TPSA) is 67.2 Å². The highest BCUT2D eigenvalue weighted by Gasteiger charge is 2.15. The van der Waals surface area contributed by atoms with Crippen molar-refractivity contribution in [2.75, 3.05) is 6.61 Å². The van der Waals surface area contributed by atoms with Crippen molar-refractivity contribution in [1.29, 1.82) is 0 Å². The van der Waals surface area contributed by atoms with Crippen LogP contribution in [0.1, 0.15) is 22.0 Å². The number of aliphatic hydroxyl groups excluding tert-OH is 1. The molecule has 0 saturated carbocycles. The molecule has 0 bridgehead atoms. The van der Waals surface area contributed by atoms with Gasteiger partial charge in [0.15, 0.2) is 0 Å². The number of nitrogens with one attached hydrogen (secondary N) is 1. The molecule has 3 aromatic rings. The number of nitrogens with zero attached hydrogens (tertiary/aromatic N) is 2. The summed E-state index contributed by atoms with van der Waals surface area (Å²) >= 11 is 0. The molecule has 2 aromatic carbocycles. The Labute approximate surface area is 128 Å². The second-order valence-corrected chi connectivity index (χ2v) is 5.18. The lowest BCUT2D eigenvalue weighted by molar-refractivity contribution is 0.0916. The summed E-state index contributed by atoms with van der Waals surface area (Å²) in [5, 5.41) is 12.4. The highest BCUT2D eigenvalue weighted by Crippen LogP contribution is 2.16. The largest absolute Gasteiger partial charge is 0.394 e. The number of rotatable bonds is 4. The molecular formula is C17H17N3O2. The monoisotopic (exact) mass is 295 g/mol. The lowest BCUT2D eigenvalue weighted by Gasteiger charge is -2.16. The highest BCUT2D eigenvalue weighted by molar-refractivity contribution is 5.97. The Morgan fingerprint density at radius 2 is 2.05 bits per heavy atom. The first-order valence-electron chi connectivity index (χ1n) is 7.07. The van der Waals surface area contributed by atoms with E-state index in [-0.39, 0.29) is 12.5 Å². The van der Waals surface area contributed by atoms with Crippen LogP contribution in [0.4, 0.5) is 0 Å². The van der Waals surface area contributed by atoms with Gasteiger partial charge in [-0.15, -0.1) is 0 Å². The number of aliphatic hydroxyl groups is 1. The second-order valence-electron chi connectivity index (χ2n) is 5.18. The molecule has 1 unspecified atom stereocenters. The molecule has 0 saturated heterocycles. The molecule has 22 heavy (non-hydrogen) atoms. The maximum atomic E-state index is 12.4. The predicted molar refractivity (Wildman–Crippen MR) is 84.4 cm³/mol. The summed E-state index contributed by atoms with van der Waals surface area (Å²) in [6, 6.07) is 14.4. The third-order valence-electron chi connectivity index (χ3n) is 3.68. The van der Waals surface area contributed by atoms with Crippen molar-refractivity contribution in [2.24, 2.45) is 7.05 Å². The standard InChI is InChI=1S/C17H17N3O2/c1-20-11-18-14-9-13(7-8-16(14)20)17(22)19-15(10-21)12-5-3-2-4-6-12/h2-9,11,15,21H,10H2,1H3,(H,19,22). The van der Waals surface area contributed by atoms with E-state index in [9.17, 15) is 9.90 Å². The number of amides is 1. The first kappa shape index (κ1) is 14.3. The van der Waals surface area contributed by atoms with Gasteiger partial charge in [-0.05, 0) is 23.8 Å². The number of imidazole rings is 1. The molecule has 1 heterocycles. The van der Waals surface area contributed by atoms with Crippen LogP contribution in [0, 0.1) is 0 Å². The molecule has 5 nitrogen and oxygen atoms in total. The number of carbonyl (C=O) groups is 1. The fourth-order valence-electron chi connectivity index (χ4n) is 2.44. The quantitative estimate of drug-likeness (QED) is 0.774. The summed E-state index contributed by atoms with van der Waals surface area (Å²) in [6.45, 7) is -0.151. The zero-order valence-electron chi connectivity index (χ0n) is 12.2. The summed E-state index contributed by atoms with van der Waals surface area (Å²) in [4.78, 5) is 16.6. The van der Waals surface area contributed by atoms with Crippen LogP contribution in [0.25, 0.3) is 11.0 Å². The van der Waals surface area contributed by atoms with Gasteiger partial charge in [0.1, 0.15) is 0 Å². The minimum atomic E-state index is -0.423. The maximum Gasteiger partial charge on any atom is 0.251 e. The van der Waals surface area contributed by atoms with Crippen molar-refractivity contribution in [1.82, 2.24) is 14.9 Å². The summed E-state index contributed by atoms with van der Waals surface area (Å²) in [6.07, 6.45) is 1.72. The van der Waals surface area contributed by atoms with Gasteiger partial charge in [-0.2, -0.15) is 0 Å². The van der Waals surface area contributed by atoms with Crippen LogP contribution < -0.4 is 5.32 Å². The van der Waals surface area contributed by atoms with Gasteiger partial charge < -0.3 is 15.0 Å². The normalized spacial score (nSPS) is 12.3. The van der Waals surface area contributed by atoms with Crippen LogP contribution >= 0.6 is 0 Å².